The van der Waals surface area contributed by atoms with Gasteiger partial charge in [-0.3, -0.25) is 0 Å². The summed E-state index contributed by atoms with van der Waals surface area (Å²) < 4.78 is 0. The van der Waals surface area contributed by atoms with Crippen LogP contribution in [0.25, 0.3) is 6.08 Å². The van der Waals surface area contributed by atoms with Crippen LogP contribution in [0.3, 0.4) is 0 Å². The molecule has 2 rings (SSSR count). The summed E-state index contributed by atoms with van der Waals surface area (Å²) in [6, 6.07) is 21.3. The first-order valence-corrected chi connectivity index (χ1v) is 6.68. The number of hydrogen-bond donors (Lipinski definition) is 0. The zero-order valence-corrected chi connectivity index (χ0v) is 10.9. The van der Waals surface area contributed by atoms with Crippen LogP contribution in [0.15, 0.2) is 66.7 Å². The molecule has 0 nitrogen and oxygen atoms in total. The monoisotopic (exact) mass is 236 g/mol. The highest BCUT2D eigenvalue weighted by Gasteiger charge is 2.05. The fraction of sp³-hybridized carbons (Fsp3) is 0.222. The van der Waals surface area contributed by atoms with Crippen LogP contribution in [0, 0.1) is 0 Å². The van der Waals surface area contributed by atoms with E-state index in [1.807, 2.05) is 0 Å². The van der Waals surface area contributed by atoms with Gasteiger partial charge in [-0.2, -0.15) is 0 Å². The van der Waals surface area contributed by atoms with Crippen molar-refractivity contribution in [3.05, 3.63) is 77.9 Å². The summed E-state index contributed by atoms with van der Waals surface area (Å²) in [5.74, 6) is 0.524. The zero-order chi connectivity index (χ0) is 12.6. The second-order valence-corrected chi connectivity index (χ2v) is 4.58. The lowest BCUT2D eigenvalue weighted by Gasteiger charge is -2.11. The molecular weight excluding hydrogens is 216 g/mol. The van der Waals surface area contributed by atoms with E-state index >= 15 is 0 Å². The smallest absolute Gasteiger partial charge is 0.00212 e. The molecule has 0 aromatic heterocycles. The first-order valence-electron chi connectivity index (χ1n) is 6.68. The van der Waals surface area contributed by atoms with Crippen molar-refractivity contribution >= 4 is 6.08 Å². The Morgan fingerprint density at radius 3 is 2.11 bits per heavy atom. The van der Waals surface area contributed by atoms with E-state index < -0.39 is 0 Å². The largest absolute Gasteiger partial charge is 0.0764 e. The van der Waals surface area contributed by atoms with E-state index in [4.69, 9.17) is 0 Å². The third-order valence-corrected chi connectivity index (χ3v) is 3.15. The molecule has 0 radical (unpaired) electrons. The fourth-order valence-corrected chi connectivity index (χ4v) is 2.18. The molecule has 1 atom stereocenters. The van der Waals surface area contributed by atoms with Crippen LogP contribution in [0.4, 0.5) is 0 Å². The van der Waals surface area contributed by atoms with Crippen molar-refractivity contribution in [2.75, 3.05) is 0 Å². The summed E-state index contributed by atoms with van der Waals surface area (Å²) >= 11 is 0. The standard InChI is InChI=1S/C18H20/c1-2-9-17(18-12-7-4-8-13-18)15-14-16-10-5-3-6-11-16/h3-8,10-15,17H,2,9H2,1H3. The maximum absolute atomic E-state index is 2.33. The molecule has 18 heavy (non-hydrogen) atoms. The SMILES string of the molecule is CCCC(C=Cc1ccccc1)c1ccccc1. The molecular formula is C18H20. The second kappa shape index (κ2) is 6.80. The van der Waals surface area contributed by atoms with E-state index in [-0.39, 0.29) is 0 Å². The molecule has 0 heteroatoms. The van der Waals surface area contributed by atoms with Crippen LogP contribution in [0.2, 0.25) is 0 Å². The Bertz CT molecular complexity index is 468. The first kappa shape index (κ1) is 12.6. The quantitative estimate of drug-likeness (QED) is 0.662. The summed E-state index contributed by atoms with van der Waals surface area (Å²) in [4.78, 5) is 0. The highest BCUT2D eigenvalue weighted by molar-refractivity contribution is 5.50. The van der Waals surface area contributed by atoms with E-state index in [9.17, 15) is 0 Å². The maximum Gasteiger partial charge on any atom is 0.00212 e. The summed E-state index contributed by atoms with van der Waals surface area (Å²) in [6.07, 6.45) is 6.97. The van der Waals surface area contributed by atoms with Gasteiger partial charge < -0.3 is 0 Å². The van der Waals surface area contributed by atoms with Crippen molar-refractivity contribution in [2.45, 2.75) is 25.7 Å². The molecule has 0 saturated carbocycles. The predicted molar refractivity (Wildman–Crippen MR) is 79.6 cm³/mol. The molecule has 0 heterocycles. The van der Waals surface area contributed by atoms with Gasteiger partial charge in [-0.25, -0.2) is 0 Å². The Morgan fingerprint density at radius 1 is 0.889 bits per heavy atom. The topological polar surface area (TPSA) is 0 Å². The minimum Gasteiger partial charge on any atom is -0.0764 e. The molecule has 0 aliphatic rings. The number of benzene rings is 2. The summed E-state index contributed by atoms with van der Waals surface area (Å²) in [6.45, 7) is 2.24. The number of rotatable bonds is 5. The van der Waals surface area contributed by atoms with Crippen LogP contribution >= 0.6 is 0 Å². The molecule has 1 unspecified atom stereocenters. The van der Waals surface area contributed by atoms with Gasteiger partial charge in [0.05, 0.1) is 0 Å². The number of allylic oxidation sites excluding steroid dienone is 1. The Morgan fingerprint density at radius 2 is 1.50 bits per heavy atom. The number of hydrogen-bond acceptors (Lipinski definition) is 0. The lowest BCUT2D eigenvalue weighted by molar-refractivity contribution is 0.719. The van der Waals surface area contributed by atoms with E-state index in [0.29, 0.717) is 5.92 Å². The van der Waals surface area contributed by atoms with Gasteiger partial charge in [-0.05, 0) is 17.5 Å². The summed E-state index contributed by atoms with van der Waals surface area (Å²) in [7, 11) is 0. The van der Waals surface area contributed by atoms with Crippen molar-refractivity contribution < 1.29 is 0 Å². The maximum atomic E-state index is 2.33. The minimum atomic E-state index is 0.524. The Labute approximate surface area is 110 Å². The lowest BCUT2D eigenvalue weighted by Crippen LogP contribution is -1.94. The molecule has 0 saturated heterocycles. The molecule has 0 fully saturated rings. The van der Waals surface area contributed by atoms with Gasteiger partial charge in [0.2, 0.25) is 0 Å². The second-order valence-electron chi connectivity index (χ2n) is 4.58. The van der Waals surface area contributed by atoms with Crippen molar-refractivity contribution in [3.8, 4) is 0 Å². The van der Waals surface area contributed by atoms with Crippen LogP contribution < -0.4 is 0 Å². The van der Waals surface area contributed by atoms with E-state index in [1.54, 1.807) is 0 Å². The average molecular weight is 236 g/mol. The van der Waals surface area contributed by atoms with Gasteiger partial charge in [0.15, 0.2) is 0 Å². The third-order valence-electron chi connectivity index (χ3n) is 3.15. The van der Waals surface area contributed by atoms with E-state index in [2.05, 4.69) is 79.7 Å². The van der Waals surface area contributed by atoms with E-state index in [1.165, 1.54) is 24.0 Å². The van der Waals surface area contributed by atoms with Crippen molar-refractivity contribution in [2.24, 2.45) is 0 Å². The molecule has 0 aliphatic heterocycles. The molecule has 2 aromatic carbocycles. The van der Waals surface area contributed by atoms with Crippen LogP contribution in [0.1, 0.15) is 36.8 Å². The van der Waals surface area contributed by atoms with Gasteiger partial charge in [-0.15, -0.1) is 0 Å². The third kappa shape index (κ3) is 3.59. The zero-order valence-electron chi connectivity index (χ0n) is 10.9. The molecule has 0 spiro atoms. The molecule has 0 N–H and O–H groups in total. The summed E-state index contributed by atoms with van der Waals surface area (Å²) in [5, 5.41) is 0. The van der Waals surface area contributed by atoms with Crippen molar-refractivity contribution in [1.29, 1.82) is 0 Å². The Balaban J connectivity index is 2.14. The van der Waals surface area contributed by atoms with Gasteiger partial charge in [0.1, 0.15) is 0 Å². The lowest BCUT2D eigenvalue weighted by atomic mass is 9.93. The van der Waals surface area contributed by atoms with Gasteiger partial charge in [-0.1, -0.05) is 86.2 Å². The van der Waals surface area contributed by atoms with Crippen molar-refractivity contribution in [1.82, 2.24) is 0 Å². The predicted octanol–water partition coefficient (Wildman–Crippen LogP) is 5.28. The van der Waals surface area contributed by atoms with Crippen LogP contribution in [-0.2, 0) is 0 Å². The first-order chi connectivity index (χ1) is 8.90. The molecule has 2 aromatic rings. The molecule has 0 amide bonds. The highest BCUT2D eigenvalue weighted by Crippen LogP contribution is 2.23. The Hall–Kier alpha value is -1.82. The van der Waals surface area contributed by atoms with Gasteiger partial charge >= 0.3 is 0 Å². The fourth-order valence-electron chi connectivity index (χ4n) is 2.18. The molecule has 0 aliphatic carbocycles. The Kier molecular flexibility index (Phi) is 4.78. The average Bonchev–Trinajstić information content (AvgIpc) is 2.45. The van der Waals surface area contributed by atoms with E-state index in [0.717, 1.165) is 0 Å². The summed E-state index contributed by atoms with van der Waals surface area (Å²) in [5.41, 5.74) is 2.68. The minimum absolute atomic E-state index is 0.524. The van der Waals surface area contributed by atoms with Gasteiger partial charge in [0, 0.05) is 5.92 Å². The molecule has 92 valence electrons. The van der Waals surface area contributed by atoms with Gasteiger partial charge in [0.25, 0.3) is 0 Å². The van der Waals surface area contributed by atoms with Crippen LogP contribution in [-0.4, -0.2) is 0 Å². The normalized spacial score (nSPS) is 12.7. The van der Waals surface area contributed by atoms with Crippen LogP contribution in [0.5, 0.6) is 0 Å². The highest BCUT2D eigenvalue weighted by atomic mass is 14.1. The molecule has 0 bridgehead atoms. The van der Waals surface area contributed by atoms with Crippen molar-refractivity contribution in [3.63, 3.8) is 0 Å².